The summed E-state index contributed by atoms with van der Waals surface area (Å²) in [5.74, 6) is 0.427. The molecule has 1 N–H and O–H groups in total. The molecular formula is C14H15N5O3. The number of nitrogens with one attached hydrogen (secondary N) is 1. The van der Waals surface area contributed by atoms with Gasteiger partial charge in [-0.05, 0) is 12.0 Å². The number of hydrogen-bond acceptors (Lipinski definition) is 6. The second-order valence-electron chi connectivity index (χ2n) is 5.55. The Morgan fingerprint density at radius 1 is 1.32 bits per heavy atom. The summed E-state index contributed by atoms with van der Waals surface area (Å²) >= 11 is 0. The number of cyclic esters (lactones) is 1. The lowest BCUT2D eigenvalue weighted by Gasteiger charge is -2.42. The lowest BCUT2D eigenvalue weighted by atomic mass is 9.93. The number of aromatic nitrogens is 4. The lowest BCUT2D eigenvalue weighted by molar-refractivity contribution is -0.0691. The van der Waals surface area contributed by atoms with Gasteiger partial charge in [-0.2, -0.15) is 5.21 Å². The SMILES string of the molecule is O=C1OC[C@@]2(c3nn[nH]n3)COC[C@H](Cc3ccccc3)N12. The molecule has 0 unspecified atom stereocenters. The van der Waals surface area contributed by atoms with Crippen molar-refractivity contribution in [3.8, 4) is 0 Å². The zero-order chi connectivity index (χ0) is 15.0. The topological polar surface area (TPSA) is 93.2 Å². The first-order chi connectivity index (χ1) is 10.8. The molecule has 8 heteroatoms. The Hall–Kier alpha value is -2.48. The van der Waals surface area contributed by atoms with Crippen LogP contribution in [0.3, 0.4) is 0 Å². The Morgan fingerprint density at radius 3 is 2.95 bits per heavy atom. The first kappa shape index (κ1) is 13.2. The average molecular weight is 301 g/mol. The summed E-state index contributed by atoms with van der Waals surface area (Å²) in [5, 5.41) is 14.1. The number of ether oxygens (including phenoxy) is 2. The van der Waals surface area contributed by atoms with E-state index in [-0.39, 0.29) is 18.7 Å². The van der Waals surface area contributed by atoms with Gasteiger partial charge >= 0.3 is 6.09 Å². The molecule has 0 aliphatic carbocycles. The fourth-order valence-electron chi connectivity index (χ4n) is 3.18. The normalized spacial score (nSPS) is 27.5. The fraction of sp³-hybridized carbons (Fsp3) is 0.429. The van der Waals surface area contributed by atoms with Gasteiger partial charge in [0.2, 0.25) is 5.82 Å². The van der Waals surface area contributed by atoms with Crippen LogP contribution in [-0.2, 0) is 21.4 Å². The number of morpholine rings is 1. The molecule has 114 valence electrons. The van der Waals surface area contributed by atoms with E-state index >= 15 is 0 Å². The summed E-state index contributed by atoms with van der Waals surface area (Å²) < 4.78 is 11.0. The standard InChI is InChI=1S/C14H15N5O3/c20-13-19-11(6-10-4-2-1-3-5-10)7-21-8-14(19,9-22-13)12-15-17-18-16-12/h1-5,11H,6-9H2,(H,15,16,17,18)/t11-,14+/m0/s1. The van der Waals surface area contributed by atoms with E-state index in [1.807, 2.05) is 30.3 Å². The Bertz CT molecular complexity index is 662. The summed E-state index contributed by atoms with van der Waals surface area (Å²) in [7, 11) is 0. The maximum Gasteiger partial charge on any atom is 0.411 e. The minimum atomic E-state index is -0.790. The van der Waals surface area contributed by atoms with Crippen molar-refractivity contribution >= 4 is 6.09 Å². The van der Waals surface area contributed by atoms with Gasteiger partial charge in [0.25, 0.3) is 0 Å². The van der Waals surface area contributed by atoms with Crippen molar-refractivity contribution in [2.24, 2.45) is 0 Å². The average Bonchev–Trinajstić information content (AvgIpc) is 3.18. The molecule has 2 aliphatic rings. The molecule has 4 rings (SSSR count). The van der Waals surface area contributed by atoms with Gasteiger partial charge in [-0.1, -0.05) is 35.5 Å². The fourth-order valence-corrected chi connectivity index (χ4v) is 3.18. The number of tetrazole rings is 1. The van der Waals surface area contributed by atoms with Crippen LogP contribution in [0.5, 0.6) is 0 Å². The molecular weight excluding hydrogens is 286 g/mol. The Labute approximate surface area is 126 Å². The molecule has 0 radical (unpaired) electrons. The van der Waals surface area contributed by atoms with Crippen LogP contribution in [0.4, 0.5) is 4.79 Å². The van der Waals surface area contributed by atoms with E-state index in [4.69, 9.17) is 9.47 Å². The van der Waals surface area contributed by atoms with Crippen LogP contribution in [0.25, 0.3) is 0 Å². The highest BCUT2D eigenvalue weighted by atomic mass is 16.6. The summed E-state index contributed by atoms with van der Waals surface area (Å²) in [6, 6.07) is 9.87. The highest BCUT2D eigenvalue weighted by molar-refractivity contribution is 5.72. The van der Waals surface area contributed by atoms with E-state index in [2.05, 4.69) is 20.6 Å². The number of aromatic amines is 1. The summed E-state index contributed by atoms with van der Waals surface area (Å²) in [6.45, 7) is 0.948. The number of carbonyl (C=O) groups excluding carboxylic acids is 1. The Balaban J connectivity index is 1.68. The second kappa shape index (κ2) is 5.06. The van der Waals surface area contributed by atoms with Crippen LogP contribution in [-0.4, -0.2) is 57.5 Å². The zero-order valence-corrected chi connectivity index (χ0v) is 11.8. The highest BCUT2D eigenvalue weighted by Crippen LogP contribution is 2.38. The van der Waals surface area contributed by atoms with Crippen LogP contribution in [0.2, 0.25) is 0 Å². The largest absolute Gasteiger partial charge is 0.446 e. The molecule has 1 aromatic carbocycles. The maximum atomic E-state index is 12.3. The van der Waals surface area contributed by atoms with Gasteiger partial charge in [0.05, 0.1) is 19.3 Å². The predicted octanol–water partition coefficient (Wildman–Crippen LogP) is 0.489. The molecule has 2 aliphatic heterocycles. The molecule has 8 nitrogen and oxygen atoms in total. The molecule has 2 aromatic rings. The van der Waals surface area contributed by atoms with Crippen LogP contribution < -0.4 is 0 Å². The summed E-state index contributed by atoms with van der Waals surface area (Å²) in [5.41, 5.74) is 0.349. The Morgan fingerprint density at radius 2 is 2.18 bits per heavy atom. The van der Waals surface area contributed by atoms with Gasteiger partial charge in [0.15, 0.2) is 5.54 Å². The van der Waals surface area contributed by atoms with Crippen LogP contribution in [0.15, 0.2) is 30.3 Å². The van der Waals surface area contributed by atoms with Crippen LogP contribution in [0.1, 0.15) is 11.4 Å². The third-order valence-electron chi connectivity index (χ3n) is 4.18. The Kier molecular flexibility index (Phi) is 3.04. The number of carbonyl (C=O) groups is 1. The van der Waals surface area contributed by atoms with Crippen molar-refractivity contribution in [1.82, 2.24) is 25.5 Å². The van der Waals surface area contributed by atoms with E-state index in [1.165, 1.54) is 0 Å². The van der Waals surface area contributed by atoms with Crippen molar-refractivity contribution in [3.63, 3.8) is 0 Å². The minimum Gasteiger partial charge on any atom is -0.446 e. The third-order valence-corrected chi connectivity index (χ3v) is 4.18. The molecule has 2 saturated heterocycles. The lowest BCUT2D eigenvalue weighted by Crippen LogP contribution is -2.59. The number of rotatable bonds is 3. The van der Waals surface area contributed by atoms with Gasteiger partial charge in [-0.3, -0.25) is 4.90 Å². The van der Waals surface area contributed by atoms with Gasteiger partial charge in [-0.25, -0.2) is 4.79 Å². The van der Waals surface area contributed by atoms with Crippen molar-refractivity contribution in [1.29, 1.82) is 0 Å². The second-order valence-corrected chi connectivity index (χ2v) is 5.55. The van der Waals surface area contributed by atoms with Gasteiger partial charge < -0.3 is 9.47 Å². The quantitative estimate of drug-likeness (QED) is 0.886. The smallest absolute Gasteiger partial charge is 0.411 e. The first-order valence-corrected chi connectivity index (χ1v) is 7.11. The predicted molar refractivity (Wildman–Crippen MR) is 73.8 cm³/mol. The molecule has 22 heavy (non-hydrogen) atoms. The monoisotopic (exact) mass is 301 g/mol. The van der Waals surface area contributed by atoms with Crippen molar-refractivity contribution in [2.75, 3.05) is 19.8 Å². The van der Waals surface area contributed by atoms with E-state index in [0.29, 0.717) is 25.5 Å². The molecule has 0 bridgehead atoms. The maximum absolute atomic E-state index is 12.3. The number of fused-ring (bicyclic) bond motifs is 1. The molecule has 2 atom stereocenters. The molecule has 1 amide bonds. The summed E-state index contributed by atoms with van der Waals surface area (Å²) in [4.78, 5) is 14.0. The molecule has 1 aromatic heterocycles. The number of H-pyrrole nitrogens is 1. The van der Waals surface area contributed by atoms with Gasteiger partial charge in [0, 0.05) is 0 Å². The van der Waals surface area contributed by atoms with Crippen LogP contribution >= 0.6 is 0 Å². The zero-order valence-electron chi connectivity index (χ0n) is 11.8. The number of nitrogens with zero attached hydrogens (tertiary/aromatic N) is 4. The van der Waals surface area contributed by atoms with E-state index in [1.54, 1.807) is 4.90 Å². The van der Waals surface area contributed by atoms with Gasteiger partial charge in [0.1, 0.15) is 6.61 Å². The third kappa shape index (κ3) is 1.95. The molecule has 3 heterocycles. The van der Waals surface area contributed by atoms with Crippen molar-refractivity contribution in [3.05, 3.63) is 41.7 Å². The van der Waals surface area contributed by atoms with Crippen molar-refractivity contribution in [2.45, 2.75) is 18.0 Å². The van der Waals surface area contributed by atoms with E-state index < -0.39 is 5.54 Å². The summed E-state index contributed by atoms with van der Waals surface area (Å²) in [6.07, 6.45) is 0.337. The number of hydrogen-bond donors (Lipinski definition) is 1. The highest BCUT2D eigenvalue weighted by Gasteiger charge is 2.57. The van der Waals surface area contributed by atoms with Crippen molar-refractivity contribution < 1.29 is 14.3 Å². The van der Waals surface area contributed by atoms with Gasteiger partial charge in [-0.15, -0.1) is 10.2 Å². The molecule has 2 fully saturated rings. The molecule has 0 saturated carbocycles. The number of benzene rings is 1. The van der Waals surface area contributed by atoms with E-state index in [9.17, 15) is 4.79 Å². The minimum absolute atomic E-state index is 0.121. The van der Waals surface area contributed by atoms with E-state index in [0.717, 1.165) is 5.56 Å². The molecule has 0 spiro atoms. The first-order valence-electron chi connectivity index (χ1n) is 7.11. The van der Waals surface area contributed by atoms with Crippen LogP contribution in [0, 0.1) is 0 Å². The number of amides is 1.